The predicted molar refractivity (Wildman–Crippen MR) is 111 cm³/mol. The molecule has 10 heteroatoms. The number of hydrogen-bond donors (Lipinski definition) is 2. The number of rotatable bonds is 6. The number of hydrogen-bond acceptors (Lipinski definition) is 6. The van der Waals surface area contributed by atoms with E-state index in [1.54, 1.807) is 37.3 Å². The Bertz CT molecular complexity index is 1120. The summed E-state index contributed by atoms with van der Waals surface area (Å²) in [6.07, 6.45) is 1.02. The van der Waals surface area contributed by atoms with Crippen LogP contribution in [0, 0.1) is 6.92 Å². The molecule has 0 unspecified atom stereocenters. The average Bonchev–Trinajstić information content (AvgIpc) is 2.96. The summed E-state index contributed by atoms with van der Waals surface area (Å²) in [5.41, 5.74) is 0.785. The van der Waals surface area contributed by atoms with Crippen molar-refractivity contribution in [2.24, 2.45) is 0 Å². The first-order chi connectivity index (χ1) is 13.2. The molecular formula is C18H16ClN3O4S2. The van der Waals surface area contributed by atoms with Gasteiger partial charge in [0.25, 0.3) is 5.91 Å². The molecule has 0 atom stereocenters. The number of amides is 1. The molecule has 1 amide bonds. The lowest BCUT2D eigenvalue weighted by Crippen LogP contribution is -2.12. The maximum Gasteiger partial charge on any atom is 0.267 e. The van der Waals surface area contributed by atoms with E-state index < -0.39 is 15.9 Å². The lowest BCUT2D eigenvalue weighted by molar-refractivity contribution is 0.102. The van der Waals surface area contributed by atoms with Crippen molar-refractivity contribution >= 4 is 49.7 Å². The molecule has 3 rings (SSSR count). The number of carbonyl (C=O) groups excluding carboxylic acids is 1. The van der Waals surface area contributed by atoms with Gasteiger partial charge in [0.05, 0.1) is 17.6 Å². The smallest absolute Gasteiger partial charge is 0.267 e. The number of anilines is 2. The molecule has 3 aromatic rings. The van der Waals surface area contributed by atoms with E-state index in [4.69, 9.17) is 16.3 Å². The molecule has 146 valence electrons. The van der Waals surface area contributed by atoms with E-state index >= 15 is 0 Å². The fourth-order valence-electron chi connectivity index (χ4n) is 2.29. The Kier molecular flexibility index (Phi) is 5.87. The number of para-hydroxylation sites is 1. The Morgan fingerprint density at radius 3 is 2.57 bits per heavy atom. The molecule has 0 saturated carbocycles. The Morgan fingerprint density at radius 1 is 1.18 bits per heavy atom. The van der Waals surface area contributed by atoms with Crippen molar-refractivity contribution in [1.29, 1.82) is 0 Å². The summed E-state index contributed by atoms with van der Waals surface area (Å²) in [5, 5.41) is 3.30. The minimum atomic E-state index is -3.48. The van der Waals surface area contributed by atoms with Gasteiger partial charge < -0.3 is 10.1 Å². The van der Waals surface area contributed by atoms with Crippen LogP contribution < -0.4 is 14.8 Å². The molecule has 0 spiro atoms. The number of halogens is 1. The lowest BCUT2D eigenvalue weighted by Gasteiger charge is -2.12. The molecule has 0 radical (unpaired) electrons. The number of aromatic nitrogens is 1. The van der Waals surface area contributed by atoms with Crippen molar-refractivity contribution in [2.75, 3.05) is 16.3 Å². The Labute approximate surface area is 171 Å². The highest BCUT2D eigenvalue weighted by Gasteiger charge is 2.19. The third-order valence-corrected chi connectivity index (χ3v) is 5.44. The molecule has 0 aliphatic carbocycles. The van der Waals surface area contributed by atoms with Crippen LogP contribution in [0.25, 0.3) is 0 Å². The van der Waals surface area contributed by atoms with Crippen molar-refractivity contribution in [1.82, 2.24) is 4.98 Å². The van der Waals surface area contributed by atoms with Gasteiger partial charge >= 0.3 is 0 Å². The zero-order valence-electron chi connectivity index (χ0n) is 14.9. The van der Waals surface area contributed by atoms with Crippen molar-refractivity contribution in [3.8, 4) is 11.5 Å². The molecule has 1 aromatic heterocycles. The minimum Gasteiger partial charge on any atom is -0.455 e. The minimum absolute atomic E-state index is 0.122. The van der Waals surface area contributed by atoms with Crippen LogP contribution in [0.3, 0.4) is 0 Å². The molecule has 7 nitrogen and oxygen atoms in total. The first-order valence-electron chi connectivity index (χ1n) is 8.00. The van der Waals surface area contributed by atoms with Gasteiger partial charge in [-0.3, -0.25) is 9.52 Å². The SMILES string of the molecule is Cc1nc(NS(C)(=O)=O)sc1C(=O)Nc1cc(Cl)ccc1Oc1ccccc1. The summed E-state index contributed by atoms with van der Waals surface area (Å²) in [5.74, 6) is 0.575. The standard InChI is InChI=1S/C18H16ClN3O4S2/c1-11-16(27-18(20-11)22-28(2,24)25)17(23)21-14-10-12(19)8-9-15(14)26-13-6-4-3-5-7-13/h3-10H,1-2H3,(H,20,22)(H,21,23). The molecular weight excluding hydrogens is 422 g/mol. The second-order valence-electron chi connectivity index (χ2n) is 5.82. The van der Waals surface area contributed by atoms with Gasteiger partial charge in [0.1, 0.15) is 10.6 Å². The van der Waals surface area contributed by atoms with Gasteiger partial charge in [-0.2, -0.15) is 0 Å². The monoisotopic (exact) mass is 437 g/mol. The highest BCUT2D eigenvalue weighted by molar-refractivity contribution is 7.92. The number of sulfonamides is 1. The van der Waals surface area contributed by atoms with Crippen LogP contribution in [0.4, 0.5) is 10.8 Å². The number of thiazole rings is 1. The molecule has 28 heavy (non-hydrogen) atoms. The van der Waals surface area contributed by atoms with Crippen LogP contribution in [0.15, 0.2) is 48.5 Å². The zero-order chi connectivity index (χ0) is 20.3. The lowest BCUT2D eigenvalue weighted by atomic mass is 10.2. The molecule has 0 saturated heterocycles. The summed E-state index contributed by atoms with van der Waals surface area (Å²) in [6, 6.07) is 14.0. The van der Waals surface area contributed by atoms with Gasteiger partial charge in [-0.05, 0) is 37.3 Å². The van der Waals surface area contributed by atoms with Gasteiger partial charge in [0.2, 0.25) is 10.0 Å². The molecule has 1 heterocycles. The van der Waals surface area contributed by atoms with Gasteiger partial charge in [-0.15, -0.1) is 0 Å². The number of nitrogens with one attached hydrogen (secondary N) is 2. The topological polar surface area (TPSA) is 97.4 Å². The summed E-state index contributed by atoms with van der Waals surface area (Å²) in [4.78, 5) is 17.1. The van der Waals surface area contributed by atoms with Gasteiger partial charge in [-0.25, -0.2) is 13.4 Å². The largest absolute Gasteiger partial charge is 0.455 e. The quantitative estimate of drug-likeness (QED) is 0.590. The summed E-state index contributed by atoms with van der Waals surface area (Å²) >= 11 is 7.00. The molecule has 0 aliphatic heterocycles. The fraction of sp³-hybridized carbons (Fsp3) is 0.111. The van der Waals surface area contributed by atoms with E-state index in [0.29, 0.717) is 27.9 Å². The van der Waals surface area contributed by atoms with E-state index in [-0.39, 0.29) is 10.0 Å². The number of ether oxygens (including phenoxy) is 1. The van der Waals surface area contributed by atoms with Crippen LogP contribution in [-0.2, 0) is 10.0 Å². The number of nitrogens with zero attached hydrogens (tertiary/aromatic N) is 1. The molecule has 2 N–H and O–H groups in total. The fourth-order valence-corrected chi connectivity index (χ4v) is 4.16. The third-order valence-electron chi connectivity index (χ3n) is 3.44. The average molecular weight is 438 g/mol. The van der Waals surface area contributed by atoms with E-state index in [1.165, 1.54) is 0 Å². The predicted octanol–water partition coefficient (Wildman–Crippen LogP) is 4.52. The second-order valence-corrected chi connectivity index (χ2v) is 9.00. The summed E-state index contributed by atoms with van der Waals surface area (Å²) in [6.45, 7) is 1.62. The molecule has 2 aromatic carbocycles. The van der Waals surface area contributed by atoms with Gasteiger partial charge in [0.15, 0.2) is 10.9 Å². The van der Waals surface area contributed by atoms with E-state index in [1.807, 2.05) is 18.2 Å². The number of benzene rings is 2. The first-order valence-corrected chi connectivity index (χ1v) is 11.1. The van der Waals surface area contributed by atoms with Crippen LogP contribution >= 0.6 is 22.9 Å². The van der Waals surface area contributed by atoms with E-state index in [9.17, 15) is 13.2 Å². The second kappa shape index (κ2) is 8.17. The molecule has 0 aliphatic rings. The van der Waals surface area contributed by atoms with Crippen LogP contribution in [0.1, 0.15) is 15.4 Å². The van der Waals surface area contributed by atoms with Crippen LogP contribution in [0.2, 0.25) is 5.02 Å². The maximum atomic E-state index is 12.7. The molecule has 0 fully saturated rings. The number of aryl methyl sites for hydroxylation is 1. The van der Waals surface area contributed by atoms with Gasteiger partial charge in [-0.1, -0.05) is 41.1 Å². The Hall–Kier alpha value is -2.62. The van der Waals surface area contributed by atoms with Crippen molar-refractivity contribution in [3.05, 3.63) is 64.1 Å². The third kappa shape index (κ3) is 5.22. The Balaban J connectivity index is 1.85. The summed E-state index contributed by atoms with van der Waals surface area (Å²) in [7, 11) is -3.48. The van der Waals surface area contributed by atoms with E-state index in [0.717, 1.165) is 17.6 Å². The zero-order valence-corrected chi connectivity index (χ0v) is 17.3. The van der Waals surface area contributed by atoms with Gasteiger partial charge in [0, 0.05) is 5.02 Å². The maximum absolute atomic E-state index is 12.7. The molecule has 0 bridgehead atoms. The first kappa shape index (κ1) is 20.1. The van der Waals surface area contributed by atoms with Crippen LogP contribution in [-0.4, -0.2) is 25.6 Å². The highest BCUT2D eigenvalue weighted by atomic mass is 35.5. The van der Waals surface area contributed by atoms with Crippen molar-refractivity contribution in [2.45, 2.75) is 6.92 Å². The van der Waals surface area contributed by atoms with E-state index in [2.05, 4.69) is 15.0 Å². The van der Waals surface area contributed by atoms with Crippen LogP contribution in [0.5, 0.6) is 11.5 Å². The van der Waals surface area contributed by atoms with Crippen molar-refractivity contribution < 1.29 is 17.9 Å². The summed E-state index contributed by atoms with van der Waals surface area (Å²) < 4.78 is 30.8. The number of carbonyl (C=O) groups is 1. The normalized spacial score (nSPS) is 11.1. The Morgan fingerprint density at radius 2 is 1.89 bits per heavy atom. The van der Waals surface area contributed by atoms with Crippen molar-refractivity contribution in [3.63, 3.8) is 0 Å². The highest BCUT2D eigenvalue weighted by Crippen LogP contribution is 2.33.